The highest BCUT2D eigenvalue weighted by molar-refractivity contribution is 5.74. The molecule has 1 aromatic heterocycles. The molecular weight excluding hydrogens is 314 g/mol. The molecule has 3 rings (SSSR count). The molecule has 25 heavy (non-hydrogen) atoms. The molecule has 0 radical (unpaired) electrons. The van der Waals surface area contributed by atoms with E-state index in [1.165, 1.54) is 0 Å². The Labute approximate surface area is 147 Å². The number of ether oxygens (including phenoxy) is 1. The summed E-state index contributed by atoms with van der Waals surface area (Å²) in [7, 11) is 1.67. The van der Waals surface area contributed by atoms with E-state index in [1.807, 2.05) is 56.3 Å². The van der Waals surface area contributed by atoms with Gasteiger partial charge >= 0.3 is 0 Å². The minimum absolute atomic E-state index is 0.576. The van der Waals surface area contributed by atoms with Crippen molar-refractivity contribution in [1.82, 2.24) is 4.98 Å². The highest BCUT2D eigenvalue weighted by Crippen LogP contribution is 2.39. The molecule has 0 aliphatic carbocycles. The Hall–Kier alpha value is -2.72. The van der Waals surface area contributed by atoms with Crippen LogP contribution in [0.25, 0.3) is 11.5 Å². The first-order chi connectivity index (χ1) is 12.1. The summed E-state index contributed by atoms with van der Waals surface area (Å²) < 4.78 is 11.9. The molecule has 0 saturated carbocycles. The first-order valence-electron chi connectivity index (χ1n) is 8.28. The Morgan fingerprint density at radius 1 is 1.12 bits per heavy atom. The van der Waals surface area contributed by atoms with Gasteiger partial charge in [-0.15, -0.1) is 0 Å². The van der Waals surface area contributed by atoms with Crippen LogP contribution in [-0.4, -0.2) is 18.4 Å². The molecule has 0 spiro atoms. The van der Waals surface area contributed by atoms with Gasteiger partial charge in [0.15, 0.2) is 0 Å². The molecule has 0 bridgehead atoms. The third-order valence-electron chi connectivity index (χ3n) is 4.56. The van der Waals surface area contributed by atoms with Crippen LogP contribution >= 0.6 is 0 Å². The molecule has 0 aliphatic heterocycles. The van der Waals surface area contributed by atoms with E-state index in [-0.39, 0.29) is 0 Å². The molecular formula is C21H21NO3. The number of nitrogens with zero attached hydrogens (tertiary/aromatic N) is 1. The van der Waals surface area contributed by atoms with E-state index in [4.69, 9.17) is 14.1 Å². The van der Waals surface area contributed by atoms with Crippen molar-refractivity contribution in [2.75, 3.05) is 7.11 Å². The number of aromatic nitrogens is 1. The van der Waals surface area contributed by atoms with Gasteiger partial charge in [-0.25, -0.2) is 4.98 Å². The van der Waals surface area contributed by atoms with E-state index in [0.29, 0.717) is 17.9 Å². The lowest BCUT2D eigenvalue weighted by atomic mass is 9.86. The lowest BCUT2D eigenvalue weighted by Gasteiger charge is -2.30. The van der Waals surface area contributed by atoms with Crippen LogP contribution in [0.4, 0.5) is 0 Å². The summed E-state index contributed by atoms with van der Waals surface area (Å²) in [5, 5.41) is 0. The first kappa shape index (κ1) is 17.1. The summed E-state index contributed by atoms with van der Waals surface area (Å²) in [6, 6.07) is 17.2. The van der Waals surface area contributed by atoms with Crippen LogP contribution in [0.3, 0.4) is 0 Å². The Balaban J connectivity index is 2.11. The molecule has 0 aliphatic rings. The summed E-state index contributed by atoms with van der Waals surface area (Å²) in [6.07, 6.45) is 1.52. The Bertz CT molecular complexity index is 847. The van der Waals surface area contributed by atoms with Gasteiger partial charge in [0, 0.05) is 18.2 Å². The van der Waals surface area contributed by atoms with E-state index >= 15 is 0 Å². The van der Waals surface area contributed by atoms with E-state index < -0.39 is 5.60 Å². The molecule has 0 unspecified atom stereocenters. The second-order valence-electron chi connectivity index (χ2n) is 5.91. The Kier molecular flexibility index (Phi) is 4.81. The SMILES string of the molecule is CC[C@](OC)(c1ccc(C=O)cc1)c1nc(-c2ccccc2)oc1C. The fourth-order valence-corrected chi connectivity index (χ4v) is 3.17. The monoisotopic (exact) mass is 335 g/mol. The van der Waals surface area contributed by atoms with Gasteiger partial charge in [-0.05, 0) is 31.0 Å². The largest absolute Gasteiger partial charge is 0.441 e. The van der Waals surface area contributed by atoms with E-state index in [9.17, 15) is 4.79 Å². The zero-order valence-electron chi connectivity index (χ0n) is 14.7. The average molecular weight is 335 g/mol. The third kappa shape index (κ3) is 3.01. The van der Waals surface area contributed by atoms with Gasteiger partial charge in [0.25, 0.3) is 0 Å². The van der Waals surface area contributed by atoms with Crippen LogP contribution in [0.5, 0.6) is 0 Å². The van der Waals surface area contributed by atoms with Crippen molar-refractivity contribution in [3.05, 3.63) is 77.2 Å². The maximum absolute atomic E-state index is 10.9. The molecule has 0 N–H and O–H groups in total. The molecule has 0 amide bonds. The smallest absolute Gasteiger partial charge is 0.226 e. The molecule has 1 heterocycles. The predicted octanol–water partition coefficient (Wildman–Crippen LogP) is 4.76. The van der Waals surface area contributed by atoms with Crippen LogP contribution in [0, 0.1) is 6.92 Å². The Morgan fingerprint density at radius 3 is 2.36 bits per heavy atom. The van der Waals surface area contributed by atoms with Crippen molar-refractivity contribution in [2.45, 2.75) is 25.9 Å². The predicted molar refractivity (Wildman–Crippen MR) is 96.6 cm³/mol. The number of carbonyl (C=O) groups is 1. The lowest BCUT2D eigenvalue weighted by Crippen LogP contribution is -2.30. The van der Waals surface area contributed by atoms with E-state index in [0.717, 1.165) is 28.9 Å². The number of methoxy groups -OCH3 is 1. The number of hydrogen-bond acceptors (Lipinski definition) is 4. The van der Waals surface area contributed by atoms with Crippen LogP contribution in [0.15, 0.2) is 59.0 Å². The van der Waals surface area contributed by atoms with E-state index in [1.54, 1.807) is 19.2 Å². The molecule has 0 saturated heterocycles. The minimum Gasteiger partial charge on any atom is -0.441 e. The van der Waals surface area contributed by atoms with Gasteiger partial charge in [0.2, 0.25) is 5.89 Å². The normalized spacial score (nSPS) is 13.4. The van der Waals surface area contributed by atoms with Gasteiger partial charge in [0.1, 0.15) is 23.3 Å². The van der Waals surface area contributed by atoms with Crippen molar-refractivity contribution < 1.29 is 13.9 Å². The second kappa shape index (κ2) is 7.03. The molecule has 1 atom stereocenters. The quantitative estimate of drug-likeness (QED) is 0.609. The van der Waals surface area contributed by atoms with Crippen LogP contribution in [0.2, 0.25) is 0 Å². The third-order valence-corrected chi connectivity index (χ3v) is 4.56. The zero-order chi connectivity index (χ0) is 17.9. The number of aryl methyl sites for hydroxylation is 1. The zero-order valence-corrected chi connectivity index (χ0v) is 14.7. The molecule has 128 valence electrons. The number of carbonyl (C=O) groups excluding carboxylic acids is 1. The molecule has 4 heteroatoms. The van der Waals surface area contributed by atoms with Crippen molar-refractivity contribution in [1.29, 1.82) is 0 Å². The second-order valence-corrected chi connectivity index (χ2v) is 5.91. The highest BCUT2D eigenvalue weighted by Gasteiger charge is 2.38. The van der Waals surface area contributed by atoms with Crippen molar-refractivity contribution in [3.8, 4) is 11.5 Å². The maximum Gasteiger partial charge on any atom is 0.226 e. The summed E-state index contributed by atoms with van der Waals surface area (Å²) in [4.78, 5) is 15.7. The van der Waals surface area contributed by atoms with Crippen molar-refractivity contribution >= 4 is 6.29 Å². The van der Waals surface area contributed by atoms with Crippen LogP contribution < -0.4 is 0 Å². The molecule has 4 nitrogen and oxygen atoms in total. The first-order valence-corrected chi connectivity index (χ1v) is 8.28. The standard InChI is InChI=1S/C21H21NO3/c1-4-21(24-3,18-12-10-16(14-23)11-13-18)19-15(2)25-20(22-19)17-8-6-5-7-9-17/h5-14H,4H2,1-3H3/t21-/m0/s1. The summed E-state index contributed by atoms with van der Waals surface area (Å²) in [6.45, 7) is 3.95. The summed E-state index contributed by atoms with van der Waals surface area (Å²) in [5.74, 6) is 1.30. The number of benzene rings is 2. The number of aldehydes is 1. The van der Waals surface area contributed by atoms with E-state index in [2.05, 4.69) is 0 Å². The van der Waals surface area contributed by atoms with Gasteiger partial charge in [0.05, 0.1) is 0 Å². The summed E-state index contributed by atoms with van der Waals surface area (Å²) >= 11 is 0. The Morgan fingerprint density at radius 2 is 1.80 bits per heavy atom. The number of rotatable bonds is 6. The highest BCUT2D eigenvalue weighted by atomic mass is 16.5. The van der Waals surface area contributed by atoms with Gasteiger partial charge < -0.3 is 9.15 Å². The average Bonchev–Trinajstić information content (AvgIpc) is 3.07. The van der Waals surface area contributed by atoms with Gasteiger partial charge in [-0.3, -0.25) is 4.79 Å². The molecule has 2 aromatic carbocycles. The molecule has 0 fully saturated rings. The lowest BCUT2D eigenvalue weighted by molar-refractivity contribution is 0.0142. The maximum atomic E-state index is 10.9. The topological polar surface area (TPSA) is 52.3 Å². The molecule has 3 aromatic rings. The number of hydrogen-bond donors (Lipinski definition) is 0. The summed E-state index contributed by atoms with van der Waals surface area (Å²) in [5.41, 5.74) is 2.54. The fourth-order valence-electron chi connectivity index (χ4n) is 3.17. The fraction of sp³-hybridized carbons (Fsp3) is 0.238. The van der Waals surface area contributed by atoms with Crippen LogP contribution in [-0.2, 0) is 10.3 Å². The number of oxazole rings is 1. The minimum atomic E-state index is -0.720. The van der Waals surface area contributed by atoms with Crippen LogP contribution in [0.1, 0.15) is 40.7 Å². The van der Waals surface area contributed by atoms with Crippen molar-refractivity contribution in [3.63, 3.8) is 0 Å². The van der Waals surface area contributed by atoms with Gasteiger partial charge in [-0.2, -0.15) is 0 Å². The van der Waals surface area contributed by atoms with Gasteiger partial charge in [-0.1, -0.05) is 49.4 Å². The van der Waals surface area contributed by atoms with Crippen molar-refractivity contribution in [2.24, 2.45) is 0 Å².